The molecule has 0 N–H and O–H groups in total. The van der Waals surface area contributed by atoms with Gasteiger partial charge >= 0.3 is 0 Å². The topological polar surface area (TPSA) is 65.3 Å². The van der Waals surface area contributed by atoms with Crippen LogP contribution in [0.4, 0.5) is 0 Å². The Bertz CT molecular complexity index is 661. The summed E-state index contributed by atoms with van der Waals surface area (Å²) in [6.07, 6.45) is 7.14. The summed E-state index contributed by atoms with van der Waals surface area (Å²) < 4.78 is 13.1. The predicted octanol–water partition coefficient (Wildman–Crippen LogP) is 1.64. The van der Waals surface area contributed by atoms with Gasteiger partial charge in [0.1, 0.15) is 5.82 Å². The van der Waals surface area contributed by atoms with Crippen LogP contribution in [0.3, 0.4) is 0 Å². The lowest BCUT2D eigenvalue weighted by atomic mass is 10.1. The van der Waals surface area contributed by atoms with Crippen LogP contribution >= 0.6 is 0 Å². The highest BCUT2D eigenvalue weighted by atomic mass is 16.5. The lowest BCUT2D eigenvalue weighted by Gasteiger charge is -2.21. The minimum atomic E-state index is 0.223. The molecule has 0 radical (unpaired) electrons. The molecule has 0 spiro atoms. The van der Waals surface area contributed by atoms with Crippen LogP contribution in [0.15, 0.2) is 24.5 Å². The first-order valence-electron chi connectivity index (χ1n) is 8.81. The molecule has 0 aromatic carbocycles. The second-order valence-electron chi connectivity index (χ2n) is 6.63. The Hall–Kier alpha value is -1.83. The van der Waals surface area contributed by atoms with E-state index in [1.165, 1.54) is 0 Å². The van der Waals surface area contributed by atoms with Crippen LogP contribution in [0.5, 0.6) is 0 Å². The van der Waals surface area contributed by atoms with Gasteiger partial charge < -0.3 is 14.4 Å². The molecule has 136 valence electrons. The monoisotopic (exact) mass is 345 g/mol. The van der Waals surface area contributed by atoms with Gasteiger partial charge in [0.25, 0.3) is 0 Å². The van der Waals surface area contributed by atoms with Gasteiger partial charge in [-0.2, -0.15) is 5.10 Å². The van der Waals surface area contributed by atoms with Gasteiger partial charge in [0.05, 0.1) is 18.8 Å². The van der Waals surface area contributed by atoms with Crippen molar-refractivity contribution < 1.29 is 9.47 Å². The number of hydrogen-bond acceptors (Lipinski definition) is 6. The van der Waals surface area contributed by atoms with Gasteiger partial charge in [-0.15, -0.1) is 0 Å². The third-order valence-corrected chi connectivity index (χ3v) is 4.44. The maximum atomic E-state index is 6.22. The Morgan fingerprint density at radius 1 is 1.32 bits per heavy atom. The molecular formula is C18H27N5O2. The first-order valence-corrected chi connectivity index (χ1v) is 8.81. The lowest BCUT2D eigenvalue weighted by Crippen LogP contribution is -2.32. The van der Waals surface area contributed by atoms with Crippen LogP contribution in [-0.2, 0) is 15.9 Å². The molecule has 0 bridgehead atoms. The lowest BCUT2D eigenvalue weighted by molar-refractivity contribution is 0.0237. The fourth-order valence-electron chi connectivity index (χ4n) is 3.22. The fourth-order valence-corrected chi connectivity index (χ4v) is 3.22. The molecule has 25 heavy (non-hydrogen) atoms. The van der Waals surface area contributed by atoms with Crippen LogP contribution in [0.1, 0.15) is 24.4 Å². The quantitative estimate of drug-likeness (QED) is 0.725. The van der Waals surface area contributed by atoms with Crippen molar-refractivity contribution in [3.8, 4) is 5.82 Å². The van der Waals surface area contributed by atoms with E-state index < -0.39 is 0 Å². The number of ether oxygens (including phenoxy) is 2. The summed E-state index contributed by atoms with van der Waals surface area (Å²) >= 11 is 0. The molecule has 0 unspecified atom stereocenters. The molecule has 0 saturated carbocycles. The van der Waals surface area contributed by atoms with E-state index in [0.717, 1.165) is 56.3 Å². The molecule has 1 aliphatic rings. The highest BCUT2D eigenvalue weighted by molar-refractivity contribution is 5.24. The number of hydrogen-bond donors (Lipinski definition) is 0. The van der Waals surface area contributed by atoms with Gasteiger partial charge in [0.2, 0.25) is 0 Å². The van der Waals surface area contributed by atoms with Crippen molar-refractivity contribution in [2.75, 3.05) is 33.9 Å². The summed E-state index contributed by atoms with van der Waals surface area (Å²) in [7, 11) is 3.84. The predicted molar refractivity (Wildman–Crippen MR) is 94.9 cm³/mol. The molecule has 3 heterocycles. The zero-order valence-corrected chi connectivity index (χ0v) is 15.3. The first kappa shape index (κ1) is 18.0. The summed E-state index contributed by atoms with van der Waals surface area (Å²) in [4.78, 5) is 11.3. The Kier molecular flexibility index (Phi) is 6.12. The van der Waals surface area contributed by atoms with E-state index in [1.54, 1.807) is 18.0 Å². The highest BCUT2D eigenvalue weighted by Gasteiger charge is 2.26. The van der Waals surface area contributed by atoms with Crippen molar-refractivity contribution in [3.63, 3.8) is 0 Å². The second kappa shape index (κ2) is 8.51. The summed E-state index contributed by atoms with van der Waals surface area (Å²) in [6, 6.07) is 3.89. The van der Waals surface area contributed by atoms with E-state index in [9.17, 15) is 0 Å². The van der Waals surface area contributed by atoms with Crippen LogP contribution in [0.25, 0.3) is 5.82 Å². The second-order valence-corrected chi connectivity index (χ2v) is 6.63. The molecule has 1 saturated heterocycles. The largest absolute Gasteiger partial charge is 0.383 e. The molecule has 7 nitrogen and oxygen atoms in total. The number of methoxy groups -OCH3 is 1. The van der Waals surface area contributed by atoms with Crippen molar-refractivity contribution in [2.45, 2.75) is 38.4 Å². The zero-order chi connectivity index (χ0) is 17.6. The summed E-state index contributed by atoms with van der Waals surface area (Å²) in [5.41, 5.74) is 1.01. The van der Waals surface area contributed by atoms with Gasteiger partial charge in [-0.1, -0.05) is 0 Å². The third-order valence-electron chi connectivity index (χ3n) is 4.44. The minimum absolute atomic E-state index is 0.223. The van der Waals surface area contributed by atoms with E-state index in [1.807, 2.05) is 25.3 Å². The molecule has 2 atom stereocenters. The normalized spacial score (nSPS) is 20.5. The molecular weight excluding hydrogens is 318 g/mol. The molecule has 0 aliphatic carbocycles. The van der Waals surface area contributed by atoms with E-state index in [-0.39, 0.29) is 6.10 Å². The fraction of sp³-hybridized carbons (Fsp3) is 0.611. The van der Waals surface area contributed by atoms with Crippen molar-refractivity contribution in [1.29, 1.82) is 0 Å². The van der Waals surface area contributed by atoms with Crippen LogP contribution in [0, 0.1) is 6.92 Å². The number of rotatable bonds is 8. The van der Waals surface area contributed by atoms with E-state index in [4.69, 9.17) is 9.47 Å². The molecule has 3 rings (SSSR count). The van der Waals surface area contributed by atoms with Crippen LogP contribution in [0.2, 0.25) is 0 Å². The average molecular weight is 345 g/mol. The number of aryl methyl sites for hydroxylation is 1. The Labute approximate surface area is 149 Å². The maximum absolute atomic E-state index is 6.22. The van der Waals surface area contributed by atoms with Crippen molar-refractivity contribution in [2.24, 2.45) is 0 Å². The smallest absolute Gasteiger partial charge is 0.157 e. The molecule has 1 fully saturated rings. The van der Waals surface area contributed by atoms with E-state index in [2.05, 4.69) is 27.0 Å². The number of nitrogens with zero attached hydrogens (tertiary/aromatic N) is 5. The Morgan fingerprint density at radius 2 is 2.16 bits per heavy atom. The van der Waals surface area contributed by atoms with E-state index >= 15 is 0 Å². The van der Waals surface area contributed by atoms with Gasteiger partial charge in [-0.3, -0.25) is 0 Å². The summed E-state index contributed by atoms with van der Waals surface area (Å²) in [5.74, 6) is 1.57. The van der Waals surface area contributed by atoms with Crippen molar-refractivity contribution in [1.82, 2.24) is 24.6 Å². The summed E-state index contributed by atoms with van der Waals surface area (Å²) in [6.45, 7) is 4.54. The van der Waals surface area contributed by atoms with Crippen molar-refractivity contribution in [3.05, 3.63) is 36.0 Å². The van der Waals surface area contributed by atoms with E-state index in [0.29, 0.717) is 6.10 Å². The maximum Gasteiger partial charge on any atom is 0.157 e. The number of aromatic nitrogens is 4. The SMILES string of the molecule is COCCN(C)C[C@H]1CC[C@@H](Cc2cc(-n3cccn3)nc(C)n2)O1. The number of likely N-dealkylation sites (N-methyl/N-ethyl adjacent to an activating group) is 1. The first-order chi connectivity index (χ1) is 12.1. The zero-order valence-electron chi connectivity index (χ0n) is 15.3. The molecule has 0 amide bonds. The molecule has 7 heteroatoms. The average Bonchev–Trinajstić information content (AvgIpc) is 3.24. The van der Waals surface area contributed by atoms with Crippen LogP contribution < -0.4 is 0 Å². The Balaban J connectivity index is 1.56. The summed E-state index contributed by atoms with van der Waals surface area (Å²) in [5, 5.41) is 4.25. The van der Waals surface area contributed by atoms with Crippen molar-refractivity contribution >= 4 is 0 Å². The van der Waals surface area contributed by atoms with Crippen LogP contribution in [-0.4, -0.2) is 70.7 Å². The third kappa shape index (κ3) is 5.07. The molecule has 2 aromatic heterocycles. The standard InChI is InChI=1S/C18H27N5O2/c1-14-20-15(12-18(21-14)23-8-4-7-19-23)11-16-5-6-17(25-16)13-22(2)9-10-24-3/h4,7-8,12,16-17H,5-6,9-11,13H2,1-3H3/t16-,17+/m0/s1. The van der Waals surface area contributed by atoms with Gasteiger partial charge in [-0.25, -0.2) is 14.6 Å². The molecule has 2 aromatic rings. The minimum Gasteiger partial charge on any atom is -0.383 e. The molecule has 1 aliphatic heterocycles. The van der Waals surface area contributed by atoms with Gasteiger partial charge in [0, 0.05) is 50.8 Å². The van der Waals surface area contributed by atoms with Gasteiger partial charge in [-0.05, 0) is 32.9 Å². The van der Waals surface area contributed by atoms with Gasteiger partial charge in [0.15, 0.2) is 5.82 Å². The highest BCUT2D eigenvalue weighted by Crippen LogP contribution is 2.23. The Morgan fingerprint density at radius 3 is 2.92 bits per heavy atom.